The van der Waals surface area contributed by atoms with E-state index in [9.17, 15) is 14.4 Å². The molecule has 0 atom stereocenters. The second-order valence-corrected chi connectivity index (χ2v) is 5.87. The summed E-state index contributed by atoms with van der Waals surface area (Å²) in [5.41, 5.74) is 1.33. The highest BCUT2D eigenvalue weighted by atomic mass is 79.9. The highest BCUT2D eigenvalue weighted by Crippen LogP contribution is 2.19. The van der Waals surface area contributed by atoms with Crippen molar-refractivity contribution in [1.29, 1.82) is 0 Å². The smallest absolute Gasteiger partial charge is 0.250 e. The molecule has 0 aliphatic heterocycles. The van der Waals surface area contributed by atoms with E-state index >= 15 is 0 Å². The van der Waals surface area contributed by atoms with Crippen molar-refractivity contribution >= 4 is 33.4 Å². The van der Waals surface area contributed by atoms with Crippen LogP contribution < -0.4 is 16.2 Å². The molecule has 1 aromatic heterocycles. The predicted molar refractivity (Wildman–Crippen MR) is 91.2 cm³/mol. The van der Waals surface area contributed by atoms with Crippen molar-refractivity contribution in [3.8, 4) is 0 Å². The summed E-state index contributed by atoms with van der Waals surface area (Å²) in [6.07, 6.45) is 1.52. The minimum Gasteiger partial charge on any atom is -0.345 e. The average Bonchev–Trinajstić information content (AvgIpc) is 2.50. The van der Waals surface area contributed by atoms with Crippen molar-refractivity contribution in [2.75, 3.05) is 11.9 Å². The summed E-state index contributed by atoms with van der Waals surface area (Å²) < 4.78 is 2.20. The van der Waals surface area contributed by atoms with Crippen LogP contribution in [0.4, 0.5) is 5.69 Å². The van der Waals surface area contributed by atoms with Crippen LogP contribution in [-0.4, -0.2) is 22.9 Å². The lowest BCUT2D eigenvalue weighted by atomic mass is 10.2. The number of aryl methyl sites for hydroxylation is 1. The molecule has 0 spiro atoms. The first-order chi connectivity index (χ1) is 11.0. The highest BCUT2D eigenvalue weighted by Gasteiger charge is 2.08. The maximum absolute atomic E-state index is 11.9. The molecule has 0 unspecified atom stereocenters. The van der Waals surface area contributed by atoms with Gasteiger partial charge in [-0.05, 0) is 36.8 Å². The van der Waals surface area contributed by atoms with Crippen LogP contribution in [0.2, 0.25) is 0 Å². The number of pyridine rings is 1. The van der Waals surface area contributed by atoms with Gasteiger partial charge in [0.1, 0.15) is 6.54 Å². The van der Waals surface area contributed by atoms with Crippen molar-refractivity contribution in [2.24, 2.45) is 0 Å². The third-order valence-electron chi connectivity index (χ3n) is 3.12. The maximum atomic E-state index is 11.9. The molecule has 0 saturated heterocycles. The number of carbonyl (C=O) groups excluding carboxylic acids is 2. The van der Waals surface area contributed by atoms with E-state index < -0.39 is 5.91 Å². The molecule has 0 radical (unpaired) electrons. The van der Waals surface area contributed by atoms with Gasteiger partial charge in [-0.2, -0.15) is 0 Å². The Morgan fingerprint density at radius 3 is 2.65 bits per heavy atom. The number of hydrogen-bond donors (Lipinski definition) is 2. The van der Waals surface area contributed by atoms with Gasteiger partial charge in [0.05, 0.1) is 6.54 Å². The second-order valence-electron chi connectivity index (χ2n) is 4.95. The van der Waals surface area contributed by atoms with Gasteiger partial charge in [0, 0.05) is 22.4 Å². The first-order valence-corrected chi connectivity index (χ1v) is 7.73. The maximum Gasteiger partial charge on any atom is 0.250 e. The quantitative estimate of drug-likeness (QED) is 0.831. The Labute approximate surface area is 141 Å². The minimum absolute atomic E-state index is 0.121. The Kier molecular flexibility index (Phi) is 5.70. The van der Waals surface area contributed by atoms with Crippen molar-refractivity contribution < 1.29 is 9.59 Å². The Morgan fingerprint density at radius 1 is 1.17 bits per heavy atom. The van der Waals surface area contributed by atoms with E-state index in [0.29, 0.717) is 5.69 Å². The molecular weight excluding hydrogens is 362 g/mol. The predicted octanol–water partition coefficient (Wildman–Crippen LogP) is 1.67. The van der Waals surface area contributed by atoms with E-state index in [1.165, 1.54) is 16.8 Å². The summed E-state index contributed by atoms with van der Waals surface area (Å²) in [5.74, 6) is -0.731. The van der Waals surface area contributed by atoms with E-state index in [1.54, 1.807) is 18.2 Å². The average molecular weight is 378 g/mol. The van der Waals surface area contributed by atoms with Crippen molar-refractivity contribution in [2.45, 2.75) is 13.5 Å². The Morgan fingerprint density at radius 2 is 1.96 bits per heavy atom. The molecule has 0 bridgehead atoms. The van der Waals surface area contributed by atoms with Crippen LogP contribution in [0, 0.1) is 6.92 Å². The van der Waals surface area contributed by atoms with Crippen LogP contribution in [0.3, 0.4) is 0 Å². The van der Waals surface area contributed by atoms with Gasteiger partial charge in [-0.15, -0.1) is 0 Å². The Bertz CT molecular complexity index is 786. The number of anilines is 1. The van der Waals surface area contributed by atoms with Crippen LogP contribution in [0.1, 0.15) is 5.56 Å². The number of halogens is 1. The van der Waals surface area contributed by atoms with Gasteiger partial charge in [-0.25, -0.2) is 0 Å². The van der Waals surface area contributed by atoms with Crippen molar-refractivity contribution in [3.63, 3.8) is 0 Å². The van der Waals surface area contributed by atoms with Gasteiger partial charge >= 0.3 is 0 Å². The number of aromatic nitrogens is 1. The lowest BCUT2D eigenvalue weighted by Crippen LogP contribution is -2.36. The van der Waals surface area contributed by atoms with Gasteiger partial charge < -0.3 is 15.2 Å². The van der Waals surface area contributed by atoms with Crippen molar-refractivity contribution in [1.82, 2.24) is 9.88 Å². The lowest BCUT2D eigenvalue weighted by molar-refractivity contribution is -0.124. The van der Waals surface area contributed by atoms with Crippen LogP contribution in [0.15, 0.2) is 51.9 Å². The normalized spacial score (nSPS) is 10.2. The lowest BCUT2D eigenvalue weighted by Gasteiger charge is -2.10. The van der Waals surface area contributed by atoms with E-state index in [-0.39, 0.29) is 24.6 Å². The topological polar surface area (TPSA) is 80.2 Å². The molecular formula is C16H16BrN3O3. The molecule has 2 rings (SSSR count). The molecule has 7 heteroatoms. The fraction of sp³-hybridized carbons (Fsp3) is 0.188. The van der Waals surface area contributed by atoms with Crippen LogP contribution in [0.5, 0.6) is 0 Å². The zero-order valence-corrected chi connectivity index (χ0v) is 14.1. The standard InChI is InChI=1S/C16H16BrN3O3/c1-11-8-12(17)5-6-13(11)19-14(21)9-18-15(22)10-20-7-3-2-4-16(20)23/h2-8H,9-10H2,1H3,(H,18,22)(H,19,21). The van der Waals surface area contributed by atoms with Gasteiger partial charge in [0.15, 0.2) is 0 Å². The number of hydrogen-bond acceptors (Lipinski definition) is 3. The SMILES string of the molecule is Cc1cc(Br)ccc1NC(=O)CNC(=O)Cn1ccccc1=O. The van der Waals surface area contributed by atoms with Gasteiger partial charge in [0.2, 0.25) is 11.8 Å². The van der Waals surface area contributed by atoms with Crippen LogP contribution >= 0.6 is 15.9 Å². The minimum atomic E-state index is -0.402. The number of nitrogens with zero attached hydrogens (tertiary/aromatic N) is 1. The molecule has 120 valence electrons. The molecule has 23 heavy (non-hydrogen) atoms. The molecule has 2 amide bonds. The van der Waals surface area contributed by atoms with E-state index in [2.05, 4.69) is 26.6 Å². The first kappa shape index (κ1) is 17.0. The zero-order chi connectivity index (χ0) is 16.8. The van der Waals surface area contributed by atoms with Gasteiger partial charge in [-0.3, -0.25) is 14.4 Å². The molecule has 0 aliphatic rings. The Balaban J connectivity index is 1.85. The second kappa shape index (κ2) is 7.73. The fourth-order valence-electron chi connectivity index (χ4n) is 1.94. The molecule has 1 heterocycles. The first-order valence-electron chi connectivity index (χ1n) is 6.94. The molecule has 2 N–H and O–H groups in total. The summed E-state index contributed by atoms with van der Waals surface area (Å²) in [6.45, 7) is 1.60. The third-order valence-corrected chi connectivity index (χ3v) is 3.61. The third kappa shape index (κ3) is 5.07. The summed E-state index contributed by atoms with van der Waals surface area (Å²) in [6, 6.07) is 10.1. The summed E-state index contributed by atoms with van der Waals surface area (Å²) in [7, 11) is 0. The summed E-state index contributed by atoms with van der Waals surface area (Å²) >= 11 is 3.35. The monoisotopic (exact) mass is 377 g/mol. The largest absolute Gasteiger partial charge is 0.345 e. The molecule has 1 aromatic carbocycles. The number of nitrogens with one attached hydrogen (secondary N) is 2. The summed E-state index contributed by atoms with van der Waals surface area (Å²) in [4.78, 5) is 35.1. The fourth-order valence-corrected chi connectivity index (χ4v) is 2.42. The van der Waals surface area contributed by atoms with E-state index in [4.69, 9.17) is 0 Å². The Hall–Kier alpha value is -2.41. The number of rotatable bonds is 5. The van der Waals surface area contributed by atoms with Gasteiger partial charge in [0.25, 0.3) is 5.56 Å². The zero-order valence-electron chi connectivity index (χ0n) is 12.5. The molecule has 0 aliphatic carbocycles. The van der Waals surface area contributed by atoms with E-state index in [1.807, 2.05) is 19.1 Å². The molecule has 0 saturated carbocycles. The summed E-state index contributed by atoms with van der Waals surface area (Å²) in [5, 5.41) is 5.21. The molecule has 0 fully saturated rings. The number of carbonyl (C=O) groups is 2. The van der Waals surface area contributed by atoms with Crippen molar-refractivity contribution in [3.05, 3.63) is 63.0 Å². The van der Waals surface area contributed by atoms with Crippen LogP contribution in [-0.2, 0) is 16.1 Å². The van der Waals surface area contributed by atoms with E-state index in [0.717, 1.165) is 10.0 Å². The number of benzene rings is 1. The number of amides is 2. The van der Waals surface area contributed by atoms with Gasteiger partial charge in [-0.1, -0.05) is 22.0 Å². The molecule has 6 nitrogen and oxygen atoms in total. The van der Waals surface area contributed by atoms with Crippen LogP contribution in [0.25, 0.3) is 0 Å². The highest BCUT2D eigenvalue weighted by molar-refractivity contribution is 9.10. The molecule has 2 aromatic rings.